The first-order chi connectivity index (χ1) is 14.4. The number of likely N-dealkylation sites (tertiary alicyclic amines) is 1. The Balaban J connectivity index is 1.39. The van der Waals surface area contributed by atoms with E-state index in [1.54, 1.807) is 29.7 Å². The van der Waals surface area contributed by atoms with Gasteiger partial charge in [-0.05, 0) is 43.4 Å². The zero-order valence-electron chi connectivity index (χ0n) is 17.4. The van der Waals surface area contributed by atoms with Crippen LogP contribution in [0.3, 0.4) is 0 Å². The van der Waals surface area contributed by atoms with Crippen molar-refractivity contribution in [1.29, 1.82) is 0 Å². The van der Waals surface area contributed by atoms with Crippen LogP contribution >= 0.6 is 11.3 Å². The van der Waals surface area contributed by atoms with Crippen LogP contribution in [0.2, 0.25) is 0 Å². The maximum atomic E-state index is 13.0. The summed E-state index contributed by atoms with van der Waals surface area (Å²) in [4.78, 5) is 11.7. The van der Waals surface area contributed by atoms with Gasteiger partial charge < -0.3 is 0 Å². The van der Waals surface area contributed by atoms with Gasteiger partial charge in [-0.1, -0.05) is 32.0 Å². The van der Waals surface area contributed by atoms with E-state index in [4.69, 9.17) is 4.98 Å². The Morgan fingerprint density at radius 1 is 1.27 bits per heavy atom. The van der Waals surface area contributed by atoms with Gasteiger partial charge in [-0.15, -0.1) is 11.3 Å². The lowest BCUT2D eigenvalue weighted by molar-refractivity contribution is 0.168. The molecule has 160 valence electrons. The maximum Gasteiger partial charge on any atom is 0.242 e. The fourth-order valence-electron chi connectivity index (χ4n) is 3.91. The number of fused-ring (bicyclic) bond motifs is 1. The number of aromatic nitrogens is 2. The predicted molar refractivity (Wildman–Crippen MR) is 121 cm³/mol. The van der Waals surface area contributed by atoms with Crippen molar-refractivity contribution in [3.05, 3.63) is 52.6 Å². The van der Waals surface area contributed by atoms with E-state index in [-0.39, 0.29) is 4.90 Å². The zero-order valence-corrected chi connectivity index (χ0v) is 19.0. The number of piperidine rings is 1. The van der Waals surface area contributed by atoms with Crippen molar-refractivity contribution in [2.75, 3.05) is 19.6 Å². The first-order valence-electron chi connectivity index (χ1n) is 10.4. The van der Waals surface area contributed by atoms with Crippen molar-refractivity contribution in [3.8, 4) is 0 Å². The van der Waals surface area contributed by atoms with E-state index in [0.29, 0.717) is 23.9 Å². The Morgan fingerprint density at radius 3 is 2.90 bits per heavy atom. The van der Waals surface area contributed by atoms with Crippen molar-refractivity contribution in [1.82, 2.24) is 19.6 Å². The number of rotatable bonds is 7. The number of sulfonamides is 1. The molecule has 8 heteroatoms. The number of hydrogen-bond acceptors (Lipinski definition) is 6. The summed E-state index contributed by atoms with van der Waals surface area (Å²) in [6.07, 6.45) is 3.73. The highest BCUT2D eigenvalue weighted by molar-refractivity contribution is 7.89. The number of nitrogens with one attached hydrogen (secondary N) is 1. The summed E-state index contributed by atoms with van der Waals surface area (Å²) >= 11 is 1.72. The Morgan fingerprint density at radius 2 is 2.10 bits per heavy atom. The molecule has 1 saturated heterocycles. The number of benzene rings is 1. The third kappa shape index (κ3) is 4.88. The van der Waals surface area contributed by atoms with Gasteiger partial charge in [-0.3, -0.25) is 9.88 Å². The van der Waals surface area contributed by atoms with Crippen LogP contribution in [0.25, 0.3) is 10.9 Å². The molecule has 1 aliphatic rings. The Hall–Kier alpha value is -1.87. The lowest BCUT2D eigenvalue weighted by Crippen LogP contribution is -2.40. The topological polar surface area (TPSA) is 75.2 Å². The summed E-state index contributed by atoms with van der Waals surface area (Å²) in [6, 6.07) is 8.96. The molecule has 0 spiro atoms. The third-order valence-electron chi connectivity index (χ3n) is 5.57. The fraction of sp³-hybridized carbons (Fsp3) is 0.455. The average molecular weight is 445 g/mol. The maximum absolute atomic E-state index is 13.0. The van der Waals surface area contributed by atoms with Crippen LogP contribution < -0.4 is 4.72 Å². The number of nitrogens with zero attached hydrogens (tertiary/aromatic N) is 3. The Kier molecular flexibility index (Phi) is 6.48. The van der Waals surface area contributed by atoms with E-state index in [1.165, 1.54) is 0 Å². The van der Waals surface area contributed by atoms with Gasteiger partial charge in [0.15, 0.2) is 0 Å². The molecule has 3 aromatic rings. The summed E-state index contributed by atoms with van der Waals surface area (Å²) in [5, 5.41) is 4.11. The lowest BCUT2D eigenvalue weighted by atomic mass is 9.98. The van der Waals surface area contributed by atoms with Crippen molar-refractivity contribution in [2.24, 2.45) is 5.92 Å². The molecule has 4 rings (SSSR count). The molecule has 1 N–H and O–H groups in total. The molecule has 1 fully saturated rings. The number of hydrogen-bond donors (Lipinski definition) is 1. The predicted octanol–water partition coefficient (Wildman–Crippen LogP) is 4.01. The van der Waals surface area contributed by atoms with E-state index in [0.717, 1.165) is 48.6 Å². The van der Waals surface area contributed by atoms with Gasteiger partial charge in [0.05, 0.1) is 17.8 Å². The van der Waals surface area contributed by atoms with Crippen molar-refractivity contribution in [3.63, 3.8) is 0 Å². The van der Waals surface area contributed by atoms with Gasteiger partial charge in [0.2, 0.25) is 10.0 Å². The normalized spacial score (nSPS) is 18.3. The summed E-state index contributed by atoms with van der Waals surface area (Å²) in [5.41, 5.74) is 1.67. The van der Waals surface area contributed by atoms with Gasteiger partial charge in [0.25, 0.3) is 0 Å². The summed E-state index contributed by atoms with van der Waals surface area (Å²) in [5.74, 6) is 0.739. The second-order valence-electron chi connectivity index (χ2n) is 8.25. The van der Waals surface area contributed by atoms with Crippen LogP contribution in [0.15, 0.2) is 46.8 Å². The van der Waals surface area contributed by atoms with E-state index < -0.39 is 10.0 Å². The molecule has 3 heterocycles. The first kappa shape index (κ1) is 21.4. The molecule has 1 atom stereocenters. The monoisotopic (exact) mass is 444 g/mol. The van der Waals surface area contributed by atoms with Gasteiger partial charge in [-0.25, -0.2) is 18.1 Å². The van der Waals surface area contributed by atoms with Crippen LogP contribution in [0.1, 0.15) is 43.3 Å². The van der Waals surface area contributed by atoms with Crippen LogP contribution in [-0.2, 0) is 16.6 Å². The minimum absolute atomic E-state index is 0.247. The molecule has 2 aromatic heterocycles. The minimum Gasteiger partial charge on any atom is -0.296 e. The second kappa shape index (κ2) is 9.09. The largest absolute Gasteiger partial charge is 0.296 e. The molecule has 0 amide bonds. The highest BCUT2D eigenvalue weighted by Gasteiger charge is 2.24. The quantitative estimate of drug-likeness (QED) is 0.596. The third-order valence-corrected chi connectivity index (χ3v) is 7.88. The van der Waals surface area contributed by atoms with Crippen LogP contribution in [0.5, 0.6) is 0 Å². The van der Waals surface area contributed by atoms with Crippen molar-refractivity contribution >= 4 is 32.3 Å². The van der Waals surface area contributed by atoms with Crippen molar-refractivity contribution in [2.45, 2.75) is 44.0 Å². The molecule has 30 heavy (non-hydrogen) atoms. The molecule has 1 unspecified atom stereocenters. The van der Waals surface area contributed by atoms with Gasteiger partial charge >= 0.3 is 0 Å². The number of pyridine rings is 1. The molecule has 6 nitrogen and oxygen atoms in total. The first-order valence-corrected chi connectivity index (χ1v) is 12.8. The summed E-state index contributed by atoms with van der Waals surface area (Å²) in [6.45, 7) is 7.52. The van der Waals surface area contributed by atoms with Gasteiger partial charge in [0.1, 0.15) is 9.90 Å². The zero-order chi connectivity index (χ0) is 21.1. The highest BCUT2D eigenvalue weighted by atomic mass is 32.2. The molecule has 1 aliphatic heterocycles. The molecular weight excluding hydrogens is 416 g/mol. The van der Waals surface area contributed by atoms with E-state index in [2.05, 4.69) is 33.8 Å². The van der Waals surface area contributed by atoms with Crippen molar-refractivity contribution < 1.29 is 8.42 Å². The van der Waals surface area contributed by atoms with Crippen LogP contribution in [0, 0.1) is 5.92 Å². The Labute approximate surface area is 182 Å². The molecule has 0 aliphatic carbocycles. The molecular formula is C22H28N4O2S2. The highest BCUT2D eigenvalue weighted by Crippen LogP contribution is 2.24. The van der Waals surface area contributed by atoms with Gasteiger partial charge in [-0.2, -0.15) is 0 Å². The summed E-state index contributed by atoms with van der Waals surface area (Å²) in [7, 11) is -3.61. The second-order valence-corrected chi connectivity index (χ2v) is 10.9. The van der Waals surface area contributed by atoms with Gasteiger partial charge in [0, 0.05) is 30.1 Å². The standard InChI is InChI=1S/C22H28N4O2S2/c1-16(2)19-15-29-21(25-19)14-26-11-5-6-17(13-26)12-24-30(27,28)20-9-3-7-18-8-4-10-23-22(18)20/h3-4,7-10,15-17,24H,5-6,11-14H2,1-2H3. The molecule has 0 radical (unpaired) electrons. The summed E-state index contributed by atoms with van der Waals surface area (Å²) < 4.78 is 28.7. The number of thiazole rings is 1. The van der Waals surface area contributed by atoms with E-state index in [9.17, 15) is 8.42 Å². The van der Waals surface area contributed by atoms with Crippen LogP contribution in [0.4, 0.5) is 0 Å². The smallest absolute Gasteiger partial charge is 0.242 e. The SMILES string of the molecule is CC(C)c1csc(CN2CCCC(CNS(=O)(=O)c3cccc4cccnc34)C2)n1. The van der Waals surface area contributed by atoms with Crippen LogP contribution in [-0.4, -0.2) is 42.9 Å². The Bertz CT molecular complexity index is 1110. The minimum atomic E-state index is -3.61. The average Bonchev–Trinajstić information content (AvgIpc) is 3.21. The molecule has 1 aromatic carbocycles. The number of para-hydroxylation sites is 1. The molecule has 0 bridgehead atoms. The lowest BCUT2D eigenvalue weighted by Gasteiger charge is -2.32. The van der Waals surface area contributed by atoms with E-state index >= 15 is 0 Å². The fourth-order valence-corrected chi connectivity index (χ4v) is 6.20. The van der Waals surface area contributed by atoms with E-state index in [1.807, 2.05) is 18.2 Å². The molecule has 0 saturated carbocycles.